The molecule has 0 bridgehead atoms. The third-order valence-electron chi connectivity index (χ3n) is 3.17. The van der Waals surface area contributed by atoms with Crippen molar-refractivity contribution < 1.29 is 19.6 Å². The van der Waals surface area contributed by atoms with Gasteiger partial charge in [-0.1, -0.05) is 18.2 Å². The molecule has 0 aliphatic carbocycles. The molecule has 25 heavy (non-hydrogen) atoms. The first-order valence-corrected chi connectivity index (χ1v) is 6.92. The molecule has 0 saturated carbocycles. The number of carboxylic acid groups (broad SMARTS) is 1. The number of nitriles is 1. The number of amides is 1. The zero-order valence-corrected chi connectivity index (χ0v) is 12.7. The van der Waals surface area contributed by atoms with Gasteiger partial charge < -0.3 is 10.4 Å². The van der Waals surface area contributed by atoms with Crippen LogP contribution < -0.4 is 5.32 Å². The topological polar surface area (TPSA) is 133 Å². The van der Waals surface area contributed by atoms with Crippen LogP contribution in [0.2, 0.25) is 0 Å². The first-order valence-electron chi connectivity index (χ1n) is 6.92. The van der Waals surface area contributed by atoms with Gasteiger partial charge in [0.25, 0.3) is 11.6 Å². The number of hydrogen-bond donors (Lipinski definition) is 2. The molecule has 0 spiro atoms. The van der Waals surface area contributed by atoms with E-state index in [1.54, 1.807) is 12.1 Å². The number of aromatic carboxylic acids is 1. The third kappa shape index (κ3) is 4.27. The molecule has 0 unspecified atom stereocenters. The predicted octanol–water partition coefficient (Wildman–Crippen LogP) is 2.84. The number of hydrogen-bond acceptors (Lipinski definition) is 5. The summed E-state index contributed by atoms with van der Waals surface area (Å²) in [5, 5.41) is 31.5. The Labute approximate surface area is 141 Å². The van der Waals surface area contributed by atoms with Crippen molar-refractivity contribution in [3.63, 3.8) is 0 Å². The van der Waals surface area contributed by atoms with Gasteiger partial charge in [-0.25, -0.2) is 4.79 Å². The smallest absolute Gasteiger partial charge is 0.335 e. The lowest BCUT2D eigenvalue weighted by Crippen LogP contribution is -2.14. The minimum atomic E-state index is -1.16. The number of nitrogens with one attached hydrogen (secondary N) is 1. The van der Waals surface area contributed by atoms with Crippen LogP contribution in [-0.2, 0) is 4.79 Å². The summed E-state index contributed by atoms with van der Waals surface area (Å²) in [6.07, 6.45) is 1.11. The second-order valence-corrected chi connectivity index (χ2v) is 4.83. The van der Waals surface area contributed by atoms with Gasteiger partial charge in [-0.3, -0.25) is 14.9 Å². The normalized spacial score (nSPS) is 10.6. The van der Waals surface area contributed by atoms with E-state index in [0.717, 1.165) is 6.08 Å². The van der Waals surface area contributed by atoms with E-state index >= 15 is 0 Å². The molecule has 124 valence electrons. The van der Waals surface area contributed by atoms with Crippen LogP contribution in [0.5, 0.6) is 0 Å². The predicted molar refractivity (Wildman–Crippen MR) is 88.7 cm³/mol. The molecule has 0 fully saturated rings. The first kappa shape index (κ1) is 17.4. The highest BCUT2D eigenvalue weighted by Gasteiger charge is 2.15. The number of carbonyl (C=O) groups is 2. The third-order valence-corrected chi connectivity index (χ3v) is 3.17. The number of anilines is 1. The van der Waals surface area contributed by atoms with Crippen molar-refractivity contribution in [3.05, 3.63) is 75.3 Å². The van der Waals surface area contributed by atoms with Crippen molar-refractivity contribution in [2.45, 2.75) is 0 Å². The highest BCUT2D eigenvalue weighted by atomic mass is 16.6. The molecular formula is C17H11N3O5. The summed E-state index contributed by atoms with van der Waals surface area (Å²) in [7, 11) is 0. The van der Waals surface area contributed by atoms with Crippen LogP contribution in [0, 0.1) is 21.4 Å². The van der Waals surface area contributed by atoms with Crippen molar-refractivity contribution in [2.75, 3.05) is 5.32 Å². The van der Waals surface area contributed by atoms with E-state index in [2.05, 4.69) is 5.32 Å². The number of nitro benzene ring substituents is 1. The molecule has 0 aliphatic heterocycles. The largest absolute Gasteiger partial charge is 0.478 e. The second-order valence-electron chi connectivity index (χ2n) is 4.83. The van der Waals surface area contributed by atoms with E-state index < -0.39 is 16.8 Å². The minimum Gasteiger partial charge on any atom is -0.478 e. The second kappa shape index (κ2) is 7.52. The zero-order chi connectivity index (χ0) is 18.4. The van der Waals surface area contributed by atoms with Gasteiger partial charge in [-0.05, 0) is 30.3 Å². The number of rotatable bonds is 5. The molecule has 0 atom stereocenters. The molecular weight excluding hydrogens is 326 g/mol. The fourth-order valence-electron chi connectivity index (χ4n) is 2.01. The molecule has 8 heteroatoms. The maximum absolute atomic E-state index is 12.2. The fraction of sp³-hybridized carbons (Fsp3) is 0. The Bertz CT molecular complexity index is 928. The van der Waals surface area contributed by atoms with Crippen LogP contribution in [0.15, 0.2) is 54.1 Å². The van der Waals surface area contributed by atoms with Gasteiger partial charge in [-0.2, -0.15) is 5.26 Å². The fourth-order valence-corrected chi connectivity index (χ4v) is 2.01. The Hall–Kier alpha value is -3.99. The SMILES string of the molecule is N#C/C(=C/c1ccccc1[N+](=O)[O-])C(=O)Nc1cccc(C(=O)O)c1. The number of para-hydroxylation sites is 1. The number of carbonyl (C=O) groups excluding carboxylic acids is 1. The summed E-state index contributed by atoms with van der Waals surface area (Å²) >= 11 is 0. The lowest BCUT2D eigenvalue weighted by atomic mass is 10.1. The van der Waals surface area contributed by atoms with Crippen molar-refractivity contribution >= 4 is 29.3 Å². The standard InChI is InChI=1S/C17H11N3O5/c18-10-13(8-11-4-1-2-7-15(11)20(24)25)16(21)19-14-6-3-5-12(9-14)17(22)23/h1-9H,(H,19,21)(H,22,23)/b13-8-. The van der Waals surface area contributed by atoms with Crippen LogP contribution in [-0.4, -0.2) is 21.9 Å². The monoisotopic (exact) mass is 337 g/mol. The number of benzene rings is 2. The average molecular weight is 337 g/mol. The molecule has 0 heterocycles. The highest BCUT2D eigenvalue weighted by Crippen LogP contribution is 2.21. The molecule has 2 rings (SSSR count). The van der Waals surface area contributed by atoms with Gasteiger partial charge in [0, 0.05) is 11.8 Å². The highest BCUT2D eigenvalue weighted by molar-refractivity contribution is 6.10. The first-order chi connectivity index (χ1) is 11.9. The Morgan fingerprint density at radius 1 is 1.20 bits per heavy atom. The summed E-state index contributed by atoms with van der Waals surface area (Å²) in [5.41, 5.74) is -0.322. The summed E-state index contributed by atoms with van der Waals surface area (Å²) in [5.74, 6) is -1.96. The quantitative estimate of drug-likeness (QED) is 0.373. The van der Waals surface area contributed by atoms with E-state index in [0.29, 0.717) is 0 Å². The van der Waals surface area contributed by atoms with E-state index in [9.17, 15) is 19.7 Å². The average Bonchev–Trinajstić information content (AvgIpc) is 2.59. The van der Waals surface area contributed by atoms with Crippen LogP contribution in [0.4, 0.5) is 11.4 Å². The molecule has 0 radical (unpaired) electrons. The molecule has 0 aliphatic rings. The lowest BCUT2D eigenvalue weighted by Gasteiger charge is -2.05. The maximum atomic E-state index is 12.2. The number of nitrogens with zero attached hydrogens (tertiary/aromatic N) is 2. The van der Waals surface area contributed by atoms with Gasteiger partial charge in [0.2, 0.25) is 0 Å². The van der Waals surface area contributed by atoms with Crippen molar-refractivity contribution in [2.24, 2.45) is 0 Å². The Morgan fingerprint density at radius 2 is 1.92 bits per heavy atom. The zero-order valence-electron chi connectivity index (χ0n) is 12.7. The molecule has 2 aromatic carbocycles. The van der Waals surface area contributed by atoms with E-state index in [1.807, 2.05) is 0 Å². The molecule has 2 N–H and O–H groups in total. The number of carboxylic acids is 1. The Balaban J connectivity index is 2.31. The molecule has 0 saturated heterocycles. The van der Waals surface area contributed by atoms with Crippen LogP contribution in [0.1, 0.15) is 15.9 Å². The van der Waals surface area contributed by atoms with Gasteiger partial charge in [0.05, 0.1) is 16.1 Å². The van der Waals surface area contributed by atoms with Gasteiger partial charge in [0.1, 0.15) is 11.6 Å². The minimum absolute atomic E-state index is 0.0287. The Kier molecular flexibility index (Phi) is 5.22. The van der Waals surface area contributed by atoms with Crippen LogP contribution in [0.25, 0.3) is 6.08 Å². The van der Waals surface area contributed by atoms with E-state index in [-0.39, 0.29) is 28.1 Å². The van der Waals surface area contributed by atoms with Crippen LogP contribution in [0.3, 0.4) is 0 Å². The van der Waals surface area contributed by atoms with E-state index in [4.69, 9.17) is 10.4 Å². The molecule has 1 amide bonds. The van der Waals surface area contributed by atoms with Crippen molar-refractivity contribution in [1.29, 1.82) is 5.26 Å². The van der Waals surface area contributed by atoms with Gasteiger partial charge in [-0.15, -0.1) is 0 Å². The lowest BCUT2D eigenvalue weighted by molar-refractivity contribution is -0.385. The maximum Gasteiger partial charge on any atom is 0.335 e. The van der Waals surface area contributed by atoms with Gasteiger partial charge >= 0.3 is 5.97 Å². The summed E-state index contributed by atoms with van der Waals surface area (Å²) < 4.78 is 0. The summed E-state index contributed by atoms with van der Waals surface area (Å²) in [6.45, 7) is 0. The molecule has 8 nitrogen and oxygen atoms in total. The van der Waals surface area contributed by atoms with Crippen molar-refractivity contribution in [3.8, 4) is 6.07 Å². The van der Waals surface area contributed by atoms with Crippen molar-refractivity contribution in [1.82, 2.24) is 0 Å². The molecule has 0 aromatic heterocycles. The van der Waals surface area contributed by atoms with E-state index in [1.165, 1.54) is 42.5 Å². The van der Waals surface area contributed by atoms with Gasteiger partial charge in [0.15, 0.2) is 0 Å². The Morgan fingerprint density at radius 3 is 2.56 bits per heavy atom. The number of nitro groups is 1. The molecule has 2 aromatic rings. The summed E-state index contributed by atoms with van der Waals surface area (Å²) in [6, 6.07) is 12.9. The van der Waals surface area contributed by atoms with Crippen LogP contribution >= 0.6 is 0 Å². The summed E-state index contributed by atoms with van der Waals surface area (Å²) in [4.78, 5) is 33.5.